The predicted octanol–water partition coefficient (Wildman–Crippen LogP) is 5.04. The van der Waals surface area contributed by atoms with E-state index in [1.165, 1.54) is 4.88 Å². The van der Waals surface area contributed by atoms with Gasteiger partial charge < -0.3 is 9.88 Å². The smallest absolute Gasteiger partial charge is 0.268 e. The number of aromatic nitrogens is 2. The van der Waals surface area contributed by atoms with E-state index in [1.54, 1.807) is 17.5 Å². The molecule has 4 rings (SSSR count). The van der Waals surface area contributed by atoms with Gasteiger partial charge in [0.2, 0.25) is 0 Å². The highest BCUT2D eigenvalue weighted by atomic mass is 35.5. The molecule has 0 aliphatic heterocycles. The van der Waals surface area contributed by atoms with E-state index in [1.807, 2.05) is 53.1 Å². The molecule has 27 heavy (non-hydrogen) atoms. The number of aryl methyl sites for hydroxylation is 1. The van der Waals surface area contributed by atoms with Gasteiger partial charge in [-0.2, -0.15) is 0 Å². The maximum atomic E-state index is 12.9. The summed E-state index contributed by atoms with van der Waals surface area (Å²) >= 11 is 8.04. The summed E-state index contributed by atoms with van der Waals surface area (Å²) in [6, 6.07) is 17.5. The maximum Gasteiger partial charge on any atom is 0.268 e. The van der Waals surface area contributed by atoms with E-state index in [-0.39, 0.29) is 5.91 Å². The molecule has 136 valence electrons. The molecule has 3 aromatic heterocycles. The Morgan fingerprint density at radius 1 is 1.19 bits per heavy atom. The van der Waals surface area contributed by atoms with Crippen LogP contribution in [-0.4, -0.2) is 15.5 Å². The Labute approximate surface area is 166 Å². The highest BCUT2D eigenvalue weighted by Crippen LogP contribution is 2.30. The van der Waals surface area contributed by atoms with E-state index in [9.17, 15) is 4.79 Å². The van der Waals surface area contributed by atoms with Gasteiger partial charge in [0.15, 0.2) is 0 Å². The number of benzene rings is 1. The average Bonchev–Trinajstić information content (AvgIpc) is 3.19. The zero-order valence-electron chi connectivity index (χ0n) is 14.8. The number of amides is 1. The molecule has 0 fully saturated rings. The van der Waals surface area contributed by atoms with Gasteiger partial charge >= 0.3 is 0 Å². The number of fused-ring (bicyclic) bond motifs is 1. The van der Waals surface area contributed by atoms with Crippen LogP contribution in [0.15, 0.2) is 60.8 Å². The van der Waals surface area contributed by atoms with Crippen LogP contribution in [0, 0.1) is 6.92 Å². The SMILES string of the molecule is Cc1cc2c(cc(C(=O)NCc3ccccn3)n2Cc2ccccc2Cl)s1. The van der Waals surface area contributed by atoms with Crippen molar-refractivity contribution in [3.8, 4) is 0 Å². The van der Waals surface area contributed by atoms with Gasteiger partial charge in [0, 0.05) is 22.6 Å². The second kappa shape index (κ2) is 7.55. The molecule has 0 saturated carbocycles. The van der Waals surface area contributed by atoms with Crippen LogP contribution >= 0.6 is 22.9 Å². The highest BCUT2D eigenvalue weighted by molar-refractivity contribution is 7.19. The lowest BCUT2D eigenvalue weighted by molar-refractivity contribution is 0.0942. The molecule has 4 nitrogen and oxygen atoms in total. The molecule has 1 aromatic carbocycles. The van der Waals surface area contributed by atoms with Gasteiger partial charge in [0.1, 0.15) is 5.69 Å². The van der Waals surface area contributed by atoms with Crippen LogP contribution in [0.4, 0.5) is 0 Å². The van der Waals surface area contributed by atoms with Gasteiger partial charge in [-0.3, -0.25) is 9.78 Å². The van der Waals surface area contributed by atoms with Gasteiger partial charge in [-0.05, 0) is 42.8 Å². The molecule has 0 radical (unpaired) electrons. The third-order valence-electron chi connectivity index (χ3n) is 4.39. The fourth-order valence-corrected chi connectivity index (χ4v) is 4.24. The fourth-order valence-electron chi connectivity index (χ4n) is 3.08. The summed E-state index contributed by atoms with van der Waals surface area (Å²) in [6.07, 6.45) is 1.72. The third-order valence-corrected chi connectivity index (χ3v) is 5.74. The number of nitrogens with zero attached hydrogens (tertiary/aromatic N) is 2. The van der Waals surface area contributed by atoms with Gasteiger partial charge in [-0.15, -0.1) is 11.3 Å². The van der Waals surface area contributed by atoms with Gasteiger partial charge in [-0.1, -0.05) is 35.9 Å². The number of pyridine rings is 1. The first-order valence-corrected chi connectivity index (χ1v) is 9.82. The second-order valence-corrected chi connectivity index (χ2v) is 8.01. The quantitative estimate of drug-likeness (QED) is 0.514. The number of rotatable bonds is 5. The van der Waals surface area contributed by atoms with Gasteiger partial charge in [0.25, 0.3) is 5.91 Å². The Kier molecular flexibility index (Phi) is 4.97. The molecule has 1 amide bonds. The molecule has 4 aromatic rings. The zero-order chi connectivity index (χ0) is 18.8. The fraction of sp³-hybridized carbons (Fsp3) is 0.143. The Morgan fingerprint density at radius 2 is 2.00 bits per heavy atom. The highest BCUT2D eigenvalue weighted by Gasteiger charge is 2.18. The van der Waals surface area contributed by atoms with Crippen LogP contribution in [-0.2, 0) is 13.1 Å². The standard InChI is InChI=1S/C21H18ClN3OS/c1-14-10-18-20(27-14)11-19(21(26)24-12-16-7-4-5-9-23-16)25(18)13-15-6-2-3-8-17(15)22/h2-11H,12-13H2,1H3,(H,24,26). The summed E-state index contributed by atoms with van der Waals surface area (Å²) in [7, 11) is 0. The van der Waals surface area contributed by atoms with Crippen molar-refractivity contribution < 1.29 is 4.79 Å². The summed E-state index contributed by atoms with van der Waals surface area (Å²) in [4.78, 5) is 18.3. The average molecular weight is 396 g/mol. The van der Waals surface area contributed by atoms with Crippen molar-refractivity contribution in [2.75, 3.05) is 0 Å². The largest absolute Gasteiger partial charge is 0.345 e. The van der Waals surface area contributed by atoms with Crippen molar-refractivity contribution in [2.45, 2.75) is 20.0 Å². The van der Waals surface area contributed by atoms with Crippen LogP contribution in [0.3, 0.4) is 0 Å². The first kappa shape index (κ1) is 17.8. The summed E-state index contributed by atoms with van der Waals surface area (Å²) in [5.74, 6) is -0.117. The van der Waals surface area contributed by atoms with E-state index in [0.717, 1.165) is 21.5 Å². The first-order valence-electron chi connectivity index (χ1n) is 8.63. The van der Waals surface area contributed by atoms with E-state index < -0.39 is 0 Å². The summed E-state index contributed by atoms with van der Waals surface area (Å²) in [6.45, 7) is 3.01. The number of carbonyl (C=O) groups is 1. The van der Waals surface area contributed by atoms with Crippen LogP contribution in [0.1, 0.15) is 26.6 Å². The van der Waals surface area contributed by atoms with Gasteiger partial charge in [-0.25, -0.2) is 0 Å². The molecular formula is C21H18ClN3OS. The molecule has 0 atom stereocenters. The number of halogens is 1. The molecular weight excluding hydrogens is 378 g/mol. The van der Waals surface area contributed by atoms with Crippen molar-refractivity contribution >= 4 is 39.1 Å². The number of hydrogen-bond acceptors (Lipinski definition) is 3. The van der Waals surface area contributed by atoms with Crippen LogP contribution in [0.2, 0.25) is 5.02 Å². The van der Waals surface area contributed by atoms with Crippen molar-refractivity contribution in [1.29, 1.82) is 0 Å². The predicted molar refractivity (Wildman–Crippen MR) is 111 cm³/mol. The second-order valence-electron chi connectivity index (χ2n) is 6.32. The monoisotopic (exact) mass is 395 g/mol. The Bertz CT molecular complexity index is 1100. The molecule has 0 unspecified atom stereocenters. The molecule has 3 heterocycles. The lowest BCUT2D eigenvalue weighted by Crippen LogP contribution is -2.26. The molecule has 0 spiro atoms. The topological polar surface area (TPSA) is 46.9 Å². The lowest BCUT2D eigenvalue weighted by atomic mass is 10.2. The number of carbonyl (C=O) groups excluding carboxylic acids is 1. The molecule has 0 aliphatic rings. The van der Waals surface area contributed by atoms with E-state index in [0.29, 0.717) is 23.8 Å². The lowest BCUT2D eigenvalue weighted by Gasteiger charge is -2.12. The normalized spacial score (nSPS) is 11.0. The minimum absolute atomic E-state index is 0.117. The summed E-state index contributed by atoms with van der Waals surface area (Å²) in [5.41, 5.74) is 3.50. The Morgan fingerprint density at radius 3 is 2.78 bits per heavy atom. The minimum atomic E-state index is -0.117. The number of hydrogen-bond donors (Lipinski definition) is 1. The van der Waals surface area contributed by atoms with Crippen LogP contribution < -0.4 is 5.32 Å². The zero-order valence-corrected chi connectivity index (χ0v) is 16.3. The van der Waals surface area contributed by atoms with Gasteiger partial charge in [0.05, 0.1) is 22.5 Å². The number of thiophene rings is 1. The van der Waals surface area contributed by atoms with Crippen LogP contribution in [0.5, 0.6) is 0 Å². The first-order chi connectivity index (χ1) is 13.1. The van der Waals surface area contributed by atoms with Crippen molar-refractivity contribution in [3.05, 3.63) is 87.6 Å². The molecule has 1 N–H and O–H groups in total. The van der Waals surface area contributed by atoms with Crippen molar-refractivity contribution in [2.24, 2.45) is 0 Å². The number of nitrogens with one attached hydrogen (secondary N) is 1. The Balaban J connectivity index is 1.66. The minimum Gasteiger partial charge on any atom is -0.345 e. The van der Waals surface area contributed by atoms with E-state index in [2.05, 4.69) is 23.3 Å². The molecule has 6 heteroatoms. The molecule has 0 saturated heterocycles. The maximum absolute atomic E-state index is 12.9. The van der Waals surface area contributed by atoms with Crippen LogP contribution in [0.25, 0.3) is 10.2 Å². The summed E-state index contributed by atoms with van der Waals surface area (Å²) in [5, 5.41) is 3.67. The molecule has 0 bridgehead atoms. The third kappa shape index (κ3) is 3.75. The Hall–Kier alpha value is -2.63. The van der Waals surface area contributed by atoms with Crippen molar-refractivity contribution in [1.82, 2.24) is 14.9 Å². The van der Waals surface area contributed by atoms with Crippen molar-refractivity contribution in [3.63, 3.8) is 0 Å². The molecule has 0 aliphatic carbocycles. The van der Waals surface area contributed by atoms with E-state index in [4.69, 9.17) is 11.6 Å². The summed E-state index contributed by atoms with van der Waals surface area (Å²) < 4.78 is 3.14. The van der Waals surface area contributed by atoms with E-state index >= 15 is 0 Å².